The lowest BCUT2D eigenvalue weighted by Crippen LogP contribution is -2.39. The molecule has 1 saturated heterocycles. The molecule has 3 aromatic carbocycles. The maximum atomic E-state index is 13.5. The van der Waals surface area contributed by atoms with Crippen LogP contribution < -0.4 is 4.74 Å². The summed E-state index contributed by atoms with van der Waals surface area (Å²) in [6, 6.07) is 25.9. The first-order chi connectivity index (χ1) is 19.0. The average molecular weight is 527 g/mol. The first-order valence-corrected chi connectivity index (χ1v) is 14.5. The van der Waals surface area contributed by atoms with E-state index in [9.17, 15) is 4.79 Å². The molecule has 0 N–H and O–H groups in total. The molecule has 0 unspecified atom stereocenters. The number of nitrogens with zero attached hydrogens (tertiary/aromatic N) is 2. The van der Waals surface area contributed by atoms with Gasteiger partial charge in [0.2, 0.25) is 0 Å². The summed E-state index contributed by atoms with van der Waals surface area (Å²) in [6.07, 6.45) is 3.92. The Bertz CT molecular complexity index is 1220. The van der Waals surface area contributed by atoms with Gasteiger partial charge in [-0.05, 0) is 79.5 Å². The minimum Gasteiger partial charge on any atom is -0.491 e. The molecule has 0 aliphatic carbocycles. The van der Waals surface area contributed by atoms with Gasteiger partial charge in [0.15, 0.2) is 0 Å². The van der Waals surface area contributed by atoms with Crippen LogP contribution in [0, 0.1) is 5.92 Å². The molecule has 5 nitrogen and oxygen atoms in total. The second-order valence-corrected chi connectivity index (χ2v) is 11.3. The number of ether oxygens (including phenoxy) is 2. The van der Waals surface area contributed by atoms with Gasteiger partial charge in [0.1, 0.15) is 12.4 Å². The van der Waals surface area contributed by atoms with Crippen molar-refractivity contribution in [2.45, 2.75) is 52.1 Å². The van der Waals surface area contributed by atoms with Crippen molar-refractivity contribution in [3.8, 4) is 5.75 Å². The molecule has 0 atom stereocenters. The topological polar surface area (TPSA) is 42.0 Å². The van der Waals surface area contributed by atoms with Crippen LogP contribution >= 0.6 is 0 Å². The summed E-state index contributed by atoms with van der Waals surface area (Å²) in [6.45, 7) is 9.62. The van der Waals surface area contributed by atoms with Crippen LogP contribution in [0.4, 0.5) is 0 Å². The Balaban J connectivity index is 1.30. The number of piperidine rings is 1. The smallest absolute Gasteiger partial charge is 0.253 e. The number of benzene rings is 3. The lowest BCUT2D eigenvalue weighted by atomic mass is 9.90. The SMILES string of the molecule is CC(C)N1CCOCCOc2ccc(C(=O)N3CCC(Cc4ccccc4)CC3)cc2Cc2cccc(c2)C1. The molecule has 0 spiro atoms. The maximum Gasteiger partial charge on any atom is 0.253 e. The van der Waals surface area contributed by atoms with Crippen molar-refractivity contribution >= 4 is 5.91 Å². The van der Waals surface area contributed by atoms with Crippen LogP contribution in [0.1, 0.15) is 59.3 Å². The van der Waals surface area contributed by atoms with Gasteiger partial charge in [-0.15, -0.1) is 0 Å². The van der Waals surface area contributed by atoms with Crippen molar-refractivity contribution in [3.63, 3.8) is 0 Å². The third-order valence-electron chi connectivity index (χ3n) is 8.09. The molecule has 1 amide bonds. The molecular formula is C34H42N2O3. The summed E-state index contributed by atoms with van der Waals surface area (Å²) in [4.78, 5) is 18.0. The van der Waals surface area contributed by atoms with Crippen molar-refractivity contribution in [1.82, 2.24) is 9.80 Å². The molecule has 5 rings (SSSR count). The normalized spacial score (nSPS) is 17.8. The van der Waals surface area contributed by atoms with Crippen LogP contribution in [0.5, 0.6) is 5.75 Å². The zero-order chi connectivity index (χ0) is 27.0. The van der Waals surface area contributed by atoms with E-state index in [1.54, 1.807) is 0 Å². The molecule has 2 bridgehead atoms. The number of carbonyl (C=O) groups excluding carboxylic acids is 1. The summed E-state index contributed by atoms with van der Waals surface area (Å²) in [5, 5.41) is 0. The number of fused-ring (bicyclic) bond motifs is 3. The fraction of sp³-hybridized carbons (Fsp3) is 0.441. The summed E-state index contributed by atoms with van der Waals surface area (Å²) in [7, 11) is 0. The van der Waals surface area contributed by atoms with E-state index in [2.05, 4.69) is 73.3 Å². The highest BCUT2D eigenvalue weighted by Gasteiger charge is 2.24. The molecule has 0 radical (unpaired) electrons. The van der Waals surface area contributed by atoms with Gasteiger partial charge in [-0.2, -0.15) is 0 Å². The largest absolute Gasteiger partial charge is 0.491 e. The Morgan fingerprint density at radius 1 is 0.872 bits per heavy atom. The predicted molar refractivity (Wildman–Crippen MR) is 156 cm³/mol. The second-order valence-electron chi connectivity index (χ2n) is 11.3. The van der Waals surface area contributed by atoms with Gasteiger partial charge in [-0.1, -0.05) is 54.6 Å². The lowest BCUT2D eigenvalue weighted by Gasteiger charge is -2.32. The summed E-state index contributed by atoms with van der Waals surface area (Å²) in [5.41, 5.74) is 5.72. The van der Waals surface area contributed by atoms with E-state index in [4.69, 9.17) is 9.47 Å². The fourth-order valence-corrected chi connectivity index (χ4v) is 5.77. The molecule has 2 aliphatic rings. The standard InChI is InChI=1S/C34H42N2O3/c1-26(2)36-17-18-38-19-20-39-33-12-11-31(24-32(33)23-29-9-6-10-30(22-29)25-36)34(37)35-15-13-28(14-16-35)21-27-7-4-3-5-8-27/h3-12,22,24,26,28H,13-21,23,25H2,1-2H3. The van der Waals surface area contributed by atoms with Crippen molar-refractivity contribution in [2.75, 3.05) is 39.5 Å². The Morgan fingerprint density at radius 2 is 1.67 bits per heavy atom. The van der Waals surface area contributed by atoms with Gasteiger partial charge in [0, 0.05) is 44.2 Å². The molecule has 1 fully saturated rings. The van der Waals surface area contributed by atoms with Crippen molar-refractivity contribution < 1.29 is 14.3 Å². The van der Waals surface area contributed by atoms with Gasteiger partial charge >= 0.3 is 0 Å². The Morgan fingerprint density at radius 3 is 2.46 bits per heavy atom. The molecule has 206 valence electrons. The van der Waals surface area contributed by atoms with Crippen LogP contribution in [-0.4, -0.2) is 61.2 Å². The van der Waals surface area contributed by atoms with Crippen molar-refractivity contribution in [2.24, 2.45) is 5.92 Å². The summed E-state index contributed by atoms with van der Waals surface area (Å²) < 4.78 is 12.1. The Hall–Kier alpha value is -3.15. The van der Waals surface area contributed by atoms with Gasteiger partial charge in [0.25, 0.3) is 5.91 Å². The molecule has 2 heterocycles. The number of likely N-dealkylation sites (tertiary alicyclic amines) is 1. The molecule has 3 aromatic rings. The third kappa shape index (κ3) is 7.49. The van der Waals surface area contributed by atoms with Crippen LogP contribution in [0.3, 0.4) is 0 Å². The fourth-order valence-electron chi connectivity index (χ4n) is 5.77. The molecule has 0 saturated carbocycles. The maximum absolute atomic E-state index is 13.5. The van der Waals surface area contributed by atoms with E-state index in [-0.39, 0.29) is 5.91 Å². The summed E-state index contributed by atoms with van der Waals surface area (Å²) >= 11 is 0. The molecule has 0 aromatic heterocycles. The molecule has 2 aliphatic heterocycles. The van der Waals surface area contributed by atoms with Crippen molar-refractivity contribution in [3.05, 3.63) is 101 Å². The number of carbonyl (C=O) groups is 1. The molecular weight excluding hydrogens is 484 g/mol. The van der Waals surface area contributed by atoms with E-state index < -0.39 is 0 Å². The minimum absolute atomic E-state index is 0.125. The number of hydrogen-bond acceptors (Lipinski definition) is 4. The first kappa shape index (κ1) is 27.4. The highest BCUT2D eigenvalue weighted by Crippen LogP contribution is 2.27. The van der Waals surface area contributed by atoms with E-state index in [1.165, 1.54) is 16.7 Å². The van der Waals surface area contributed by atoms with E-state index in [0.29, 0.717) is 31.8 Å². The average Bonchev–Trinajstić information content (AvgIpc) is 2.95. The monoisotopic (exact) mass is 526 g/mol. The first-order valence-electron chi connectivity index (χ1n) is 14.5. The van der Waals surface area contributed by atoms with E-state index >= 15 is 0 Å². The van der Waals surface area contributed by atoms with Crippen molar-refractivity contribution in [1.29, 1.82) is 0 Å². The Labute approximate surface area is 233 Å². The molecule has 5 heteroatoms. The number of amides is 1. The number of hydrogen-bond donors (Lipinski definition) is 0. The quantitative estimate of drug-likeness (QED) is 0.419. The minimum atomic E-state index is 0.125. The Kier molecular flexibility index (Phi) is 9.33. The predicted octanol–water partition coefficient (Wildman–Crippen LogP) is 5.99. The van der Waals surface area contributed by atoms with Gasteiger partial charge in [-0.3, -0.25) is 9.69 Å². The highest BCUT2D eigenvalue weighted by molar-refractivity contribution is 5.94. The van der Waals surface area contributed by atoms with Crippen LogP contribution in [-0.2, 0) is 24.1 Å². The zero-order valence-corrected chi connectivity index (χ0v) is 23.5. The van der Waals surface area contributed by atoms with Crippen LogP contribution in [0.15, 0.2) is 72.8 Å². The lowest BCUT2D eigenvalue weighted by molar-refractivity contribution is 0.0685. The van der Waals surface area contributed by atoms with Crippen LogP contribution in [0.25, 0.3) is 0 Å². The van der Waals surface area contributed by atoms with E-state index in [1.807, 2.05) is 23.1 Å². The second kappa shape index (κ2) is 13.3. The van der Waals surface area contributed by atoms with Gasteiger partial charge in [-0.25, -0.2) is 0 Å². The van der Waals surface area contributed by atoms with Crippen LogP contribution in [0.2, 0.25) is 0 Å². The van der Waals surface area contributed by atoms with Gasteiger partial charge in [0.05, 0.1) is 13.2 Å². The zero-order valence-electron chi connectivity index (χ0n) is 23.5. The third-order valence-corrected chi connectivity index (χ3v) is 8.09. The summed E-state index contributed by atoms with van der Waals surface area (Å²) in [5.74, 6) is 1.60. The molecule has 39 heavy (non-hydrogen) atoms. The highest BCUT2D eigenvalue weighted by atomic mass is 16.5. The van der Waals surface area contributed by atoms with Gasteiger partial charge < -0.3 is 14.4 Å². The number of rotatable bonds is 4. The van der Waals surface area contributed by atoms with E-state index in [0.717, 1.165) is 68.7 Å².